The molecule has 0 fully saturated rings. The van der Waals surface area contributed by atoms with E-state index in [-0.39, 0.29) is 11.1 Å². The minimum atomic E-state index is -0.978. The molecule has 6 heteroatoms. The van der Waals surface area contributed by atoms with Gasteiger partial charge in [-0.05, 0) is 17.7 Å². The van der Waals surface area contributed by atoms with Crippen molar-refractivity contribution >= 4 is 22.7 Å². The van der Waals surface area contributed by atoms with E-state index < -0.39 is 17.9 Å². The first-order valence-corrected chi connectivity index (χ1v) is 7.33. The van der Waals surface area contributed by atoms with Gasteiger partial charge in [0.15, 0.2) is 5.43 Å². The molecule has 0 spiro atoms. The highest BCUT2D eigenvalue weighted by Crippen LogP contribution is 2.13. The van der Waals surface area contributed by atoms with Gasteiger partial charge in [-0.3, -0.25) is 14.4 Å². The van der Waals surface area contributed by atoms with E-state index in [2.05, 4.69) is 10.3 Å². The summed E-state index contributed by atoms with van der Waals surface area (Å²) in [5.74, 6) is -1.26. The maximum Gasteiger partial charge on any atom is 0.268 e. The maximum atomic E-state index is 12.4. The van der Waals surface area contributed by atoms with Gasteiger partial charge in [-0.15, -0.1) is 0 Å². The van der Waals surface area contributed by atoms with Crippen LogP contribution in [0.1, 0.15) is 22.1 Å². The lowest BCUT2D eigenvalue weighted by molar-refractivity contribution is -0.120. The molecule has 0 unspecified atom stereocenters. The summed E-state index contributed by atoms with van der Waals surface area (Å²) >= 11 is 0. The van der Waals surface area contributed by atoms with Crippen LogP contribution in [0, 0.1) is 0 Å². The molecule has 0 bridgehead atoms. The van der Waals surface area contributed by atoms with Crippen LogP contribution in [-0.4, -0.2) is 16.8 Å². The largest absolute Gasteiger partial charge is 0.368 e. The Hall–Kier alpha value is -3.41. The van der Waals surface area contributed by atoms with Gasteiger partial charge in [-0.1, -0.05) is 42.5 Å². The van der Waals surface area contributed by atoms with Crippen molar-refractivity contribution in [3.63, 3.8) is 0 Å². The topological polar surface area (TPSA) is 105 Å². The fraction of sp³-hybridized carbons (Fsp3) is 0.0556. The minimum absolute atomic E-state index is 0.0703. The lowest BCUT2D eigenvalue weighted by atomic mass is 10.1. The molecule has 0 saturated heterocycles. The molecule has 0 radical (unpaired) electrons. The summed E-state index contributed by atoms with van der Waals surface area (Å²) in [7, 11) is 0. The second-order valence-corrected chi connectivity index (χ2v) is 5.31. The molecule has 0 aliphatic carbocycles. The summed E-state index contributed by atoms with van der Waals surface area (Å²) in [5.41, 5.74) is 6.30. The van der Waals surface area contributed by atoms with E-state index in [9.17, 15) is 14.4 Å². The van der Waals surface area contributed by atoms with E-state index in [1.54, 1.807) is 54.6 Å². The number of nitrogens with two attached hydrogens (primary N) is 1. The molecule has 1 aromatic heterocycles. The van der Waals surface area contributed by atoms with Gasteiger partial charge in [0.1, 0.15) is 11.7 Å². The number of hydrogen-bond acceptors (Lipinski definition) is 3. The van der Waals surface area contributed by atoms with Gasteiger partial charge in [0.05, 0.1) is 0 Å². The highest BCUT2D eigenvalue weighted by atomic mass is 16.2. The third kappa shape index (κ3) is 3.03. The van der Waals surface area contributed by atoms with Crippen LogP contribution >= 0.6 is 0 Å². The molecule has 0 aliphatic rings. The second-order valence-electron chi connectivity index (χ2n) is 5.31. The van der Waals surface area contributed by atoms with Crippen LogP contribution in [0.3, 0.4) is 0 Å². The predicted octanol–water partition coefficient (Wildman–Crippen LogP) is 1.48. The zero-order valence-corrected chi connectivity index (χ0v) is 12.7. The maximum absolute atomic E-state index is 12.4. The standard InChI is InChI=1S/C18H15N3O3/c19-17(23)16(11-6-2-1-3-7-11)21-18(24)14-10-15(22)12-8-4-5-9-13(12)20-14/h1-10,16H,(H2,19,23)(H,20,22)(H,21,24)/t16-/m0/s1. The summed E-state index contributed by atoms with van der Waals surface area (Å²) in [5, 5.41) is 3.05. The van der Waals surface area contributed by atoms with E-state index in [0.29, 0.717) is 16.5 Å². The fourth-order valence-electron chi connectivity index (χ4n) is 2.49. The Balaban J connectivity index is 1.94. The number of aromatic amines is 1. The second kappa shape index (κ2) is 6.37. The SMILES string of the molecule is NC(=O)[C@@H](NC(=O)c1cc(=O)c2ccccc2[nH]1)c1ccccc1. The molecule has 2 amide bonds. The molecule has 1 atom stereocenters. The van der Waals surface area contributed by atoms with E-state index in [1.807, 2.05) is 0 Å². The number of carbonyl (C=O) groups excluding carboxylic acids is 2. The minimum Gasteiger partial charge on any atom is -0.368 e. The molecular weight excluding hydrogens is 306 g/mol. The van der Waals surface area contributed by atoms with Crippen molar-refractivity contribution in [2.75, 3.05) is 0 Å². The number of nitrogens with one attached hydrogen (secondary N) is 2. The summed E-state index contributed by atoms with van der Waals surface area (Å²) in [6.45, 7) is 0. The summed E-state index contributed by atoms with van der Waals surface area (Å²) < 4.78 is 0. The Morgan fingerprint density at radius 1 is 1.00 bits per heavy atom. The van der Waals surface area contributed by atoms with Gasteiger partial charge in [-0.25, -0.2) is 0 Å². The van der Waals surface area contributed by atoms with Gasteiger partial charge in [0.25, 0.3) is 5.91 Å². The van der Waals surface area contributed by atoms with Crippen LogP contribution in [0.5, 0.6) is 0 Å². The third-order valence-electron chi connectivity index (χ3n) is 3.67. The highest BCUT2D eigenvalue weighted by molar-refractivity contribution is 5.97. The third-order valence-corrected chi connectivity index (χ3v) is 3.67. The molecule has 120 valence electrons. The normalized spacial score (nSPS) is 11.8. The van der Waals surface area contributed by atoms with Crippen molar-refractivity contribution in [2.24, 2.45) is 5.73 Å². The Morgan fingerprint density at radius 2 is 1.67 bits per heavy atom. The summed E-state index contributed by atoms with van der Waals surface area (Å²) in [4.78, 5) is 39.1. The van der Waals surface area contributed by atoms with E-state index in [1.165, 1.54) is 6.07 Å². The molecule has 4 N–H and O–H groups in total. The van der Waals surface area contributed by atoms with Gasteiger partial charge < -0.3 is 16.0 Å². The Kier molecular flexibility index (Phi) is 4.11. The van der Waals surface area contributed by atoms with Crippen LogP contribution in [0.25, 0.3) is 10.9 Å². The average molecular weight is 321 g/mol. The molecule has 6 nitrogen and oxygen atoms in total. The van der Waals surface area contributed by atoms with Gasteiger partial charge in [0.2, 0.25) is 5.91 Å². The number of H-pyrrole nitrogens is 1. The molecule has 2 aromatic carbocycles. The number of fused-ring (bicyclic) bond motifs is 1. The number of pyridine rings is 1. The quantitative estimate of drug-likeness (QED) is 0.678. The Bertz CT molecular complexity index is 964. The molecular formula is C18H15N3O3. The van der Waals surface area contributed by atoms with Crippen molar-refractivity contribution in [3.8, 4) is 0 Å². The van der Waals surface area contributed by atoms with E-state index in [4.69, 9.17) is 5.73 Å². The number of hydrogen-bond donors (Lipinski definition) is 3. The summed E-state index contributed by atoms with van der Waals surface area (Å²) in [6.07, 6.45) is 0. The fourth-order valence-corrected chi connectivity index (χ4v) is 2.49. The number of primary amides is 1. The molecule has 3 aromatic rings. The zero-order valence-electron chi connectivity index (χ0n) is 12.7. The molecule has 24 heavy (non-hydrogen) atoms. The monoisotopic (exact) mass is 321 g/mol. The first kappa shape index (κ1) is 15.5. The van der Waals surface area contributed by atoms with E-state index in [0.717, 1.165) is 0 Å². The van der Waals surface area contributed by atoms with Crippen LogP contribution in [-0.2, 0) is 4.79 Å². The Morgan fingerprint density at radius 3 is 2.38 bits per heavy atom. The first-order valence-electron chi connectivity index (χ1n) is 7.33. The Labute approximate surface area is 137 Å². The van der Waals surface area contributed by atoms with Crippen LogP contribution < -0.4 is 16.5 Å². The van der Waals surface area contributed by atoms with Crippen molar-refractivity contribution < 1.29 is 9.59 Å². The zero-order chi connectivity index (χ0) is 17.1. The van der Waals surface area contributed by atoms with Crippen molar-refractivity contribution in [1.82, 2.24) is 10.3 Å². The van der Waals surface area contributed by atoms with Crippen LogP contribution in [0.2, 0.25) is 0 Å². The number of amides is 2. The van der Waals surface area contributed by atoms with Crippen LogP contribution in [0.15, 0.2) is 65.5 Å². The van der Waals surface area contributed by atoms with E-state index >= 15 is 0 Å². The smallest absolute Gasteiger partial charge is 0.268 e. The lowest BCUT2D eigenvalue weighted by Crippen LogP contribution is -2.38. The van der Waals surface area contributed by atoms with Gasteiger partial charge in [0, 0.05) is 17.0 Å². The predicted molar refractivity (Wildman–Crippen MR) is 90.4 cm³/mol. The molecule has 0 saturated carbocycles. The molecule has 3 rings (SSSR count). The number of carbonyl (C=O) groups is 2. The van der Waals surface area contributed by atoms with Crippen molar-refractivity contribution in [3.05, 3.63) is 82.1 Å². The van der Waals surface area contributed by atoms with Crippen molar-refractivity contribution in [2.45, 2.75) is 6.04 Å². The van der Waals surface area contributed by atoms with Crippen molar-refractivity contribution in [1.29, 1.82) is 0 Å². The average Bonchev–Trinajstić information content (AvgIpc) is 2.60. The van der Waals surface area contributed by atoms with Gasteiger partial charge >= 0.3 is 0 Å². The highest BCUT2D eigenvalue weighted by Gasteiger charge is 2.21. The first-order chi connectivity index (χ1) is 11.6. The van der Waals surface area contributed by atoms with Gasteiger partial charge in [-0.2, -0.15) is 0 Å². The number of aromatic nitrogens is 1. The van der Waals surface area contributed by atoms with Crippen LogP contribution in [0.4, 0.5) is 0 Å². The lowest BCUT2D eigenvalue weighted by Gasteiger charge is -2.16. The number of benzene rings is 2. The molecule has 1 heterocycles. The number of rotatable bonds is 4. The summed E-state index contributed by atoms with van der Waals surface area (Å²) in [6, 6.07) is 15.8. The number of para-hydroxylation sites is 1. The molecule has 0 aliphatic heterocycles.